The van der Waals surface area contributed by atoms with Gasteiger partial charge in [-0.1, -0.05) is 59.8 Å². The summed E-state index contributed by atoms with van der Waals surface area (Å²) in [7, 11) is 0. The lowest BCUT2D eigenvalue weighted by Crippen LogP contribution is -2.62. The zero-order valence-electron chi connectivity index (χ0n) is 15.0. The van der Waals surface area contributed by atoms with Gasteiger partial charge in [0.2, 0.25) is 0 Å². The first-order valence-corrected chi connectivity index (χ1v) is 9.49. The Hall–Kier alpha value is -0.0800. The Kier molecular flexibility index (Phi) is 6.55. The molecule has 2 heteroatoms. The predicted octanol–water partition coefficient (Wildman–Crippen LogP) is 4.45. The maximum absolute atomic E-state index is 3.89. The molecule has 1 saturated heterocycles. The standard InChI is InChI=1S/C19H38N2/c1-5-6-10-13-21-15-18(19(2,3)4)20-14-17(21)16-11-8-7-9-12-16/h16-18,20H,5-15H2,1-4H3. The summed E-state index contributed by atoms with van der Waals surface area (Å²) < 4.78 is 0. The summed E-state index contributed by atoms with van der Waals surface area (Å²) >= 11 is 0. The molecule has 2 nitrogen and oxygen atoms in total. The van der Waals surface area contributed by atoms with E-state index in [-0.39, 0.29) is 0 Å². The van der Waals surface area contributed by atoms with Crippen LogP contribution in [0.5, 0.6) is 0 Å². The molecule has 1 aliphatic heterocycles. The summed E-state index contributed by atoms with van der Waals surface area (Å²) in [6, 6.07) is 1.46. The molecule has 0 spiro atoms. The molecule has 21 heavy (non-hydrogen) atoms. The van der Waals surface area contributed by atoms with Gasteiger partial charge in [0.15, 0.2) is 0 Å². The SMILES string of the molecule is CCCCCN1CC(C(C)(C)C)NCC1C1CCCCC1. The Morgan fingerprint density at radius 1 is 1.05 bits per heavy atom. The number of hydrogen-bond donors (Lipinski definition) is 1. The highest BCUT2D eigenvalue weighted by molar-refractivity contribution is 4.94. The first-order chi connectivity index (χ1) is 10.0. The Bertz CT molecular complexity index is 288. The van der Waals surface area contributed by atoms with E-state index < -0.39 is 0 Å². The van der Waals surface area contributed by atoms with Crippen LogP contribution in [0.25, 0.3) is 0 Å². The van der Waals surface area contributed by atoms with E-state index in [1.807, 2.05) is 0 Å². The molecular weight excluding hydrogens is 256 g/mol. The van der Waals surface area contributed by atoms with Gasteiger partial charge in [-0.2, -0.15) is 0 Å². The van der Waals surface area contributed by atoms with Gasteiger partial charge in [-0.05, 0) is 37.1 Å². The molecule has 0 aromatic rings. The summed E-state index contributed by atoms with van der Waals surface area (Å²) in [4.78, 5) is 2.86. The third-order valence-electron chi connectivity index (χ3n) is 5.75. The van der Waals surface area contributed by atoms with Crippen LogP contribution >= 0.6 is 0 Å². The third-order valence-corrected chi connectivity index (χ3v) is 5.75. The molecule has 1 heterocycles. The highest BCUT2D eigenvalue weighted by Gasteiger charge is 2.37. The summed E-state index contributed by atoms with van der Waals surface area (Å²) in [6.07, 6.45) is 11.4. The highest BCUT2D eigenvalue weighted by Crippen LogP contribution is 2.32. The van der Waals surface area contributed by atoms with Crippen LogP contribution in [0.3, 0.4) is 0 Å². The number of rotatable bonds is 5. The van der Waals surface area contributed by atoms with Gasteiger partial charge in [-0.15, -0.1) is 0 Å². The van der Waals surface area contributed by atoms with Crippen molar-refractivity contribution in [3.05, 3.63) is 0 Å². The number of piperazine rings is 1. The molecular formula is C19H38N2. The lowest BCUT2D eigenvalue weighted by Gasteiger charge is -2.48. The Morgan fingerprint density at radius 3 is 2.38 bits per heavy atom. The second-order valence-electron chi connectivity index (χ2n) is 8.49. The molecule has 124 valence electrons. The zero-order chi connectivity index (χ0) is 15.3. The summed E-state index contributed by atoms with van der Waals surface area (Å²) in [5.41, 5.74) is 0.376. The largest absolute Gasteiger partial charge is 0.311 e. The molecule has 2 rings (SSSR count). The van der Waals surface area contributed by atoms with Crippen molar-refractivity contribution in [3.8, 4) is 0 Å². The molecule has 0 amide bonds. The number of unbranched alkanes of at least 4 members (excludes halogenated alkanes) is 2. The van der Waals surface area contributed by atoms with Crippen molar-refractivity contribution in [3.63, 3.8) is 0 Å². The number of hydrogen-bond acceptors (Lipinski definition) is 2. The van der Waals surface area contributed by atoms with E-state index in [2.05, 4.69) is 37.9 Å². The second-order valence-corrected chi connectivity index (χ2v) is 8.49. The maximum atomic E-state index is 3.89. The van der Waals surface area contributed by atoms with E-state index in [0.29, 0.717) is 11.5 Å². The molecule has 0 bridgehead atoms. The van der Waals surface area contributed by atoms with Crippen molar-refractivity contribution < 1.29 is 0 Å². The number of nitrogens with zero attached hydrogens (tertiary/aromatic N) is 1. The average Bonchev–Trinajstić information content (AvgIpc) is 2.47. The minimum atomic E-state index is 0.376. The molecule has 1 saturated carbocycles. The van der Waals surface area contributed by atoms with Crippen molar-refractivity contribution >= 4 is 0 Å². The van der Waals surface area contributed by atoms with Crippen molar-refractivity contribution in [2.24, 2.45) is 11.3 Å². The van der Waals surface area contributed by atoms with Crippen LogP contribution in [0.15, 0.2) is 0 Å². The van der Waals surface area contributed by atoms with Crippen molar-refractivity contribution in [1.29, 1.82) is 0 Å². The van der Waals surface area contributed by atoms with Gasteiger partial charge >= 0.3 is 0 Å². The lowest BCUT2D eigenvalue weighted by atomic mass is 9.79. The minimum Gasteiger partial charge on any atom is -0.311 e. The Labute approximate surface area is 133 Å². The minimum absolute atomic E-state index is 0.376. The van der Waals surface area contributed by atoms with Crippen LogP contribution in [0, 0.1) is 11.3 Å². The van der Waals surface area contributed by atoms with Crippen LogP contribution in [0.4, 0.5) is 0 Å². The van der Waals surface area contributed by atoms with Crippen LogP contribution in [-0.2, 0) is 0 Å². The van der Waals surface area contributed by atoms with E-state index in [9.17, 15) is 0 Å². The fourth-order valence-corrected chi connectivity index (χ4v) is 4.21. The van der Waals surface area contributed by atoms with E-state index >= 15 is 0 Å². The topological polar surface area (TPSA) is 15.3 Å². The highest BCUT2D eigenvalue weighted by atomic mass is 15.2. The van der Waals surface area contributed by atoms with Gasteiger partial charge < -0.3 is 5.32 Å². The van der Waals surface area contributed by atoms with E-state index in [1.165, 1.54) is 71.0 Å². The number of nitrogens with one attached hydrogen (secondary N) is 1. The summed E-state index contributed by atoms with van der Waals surface area (Å²) in [5.74, 6) is 0.953. The van der Waals surface area contributed by atoms with E-state index in [0.717, 1.165) is 12.0 Å². The maximum Gasteiger partial charge on any atom is 0.0249 e. The summed E-state index contributed by atoms with van der Waals surface area (Å²) in [5, 5.41) is 3.89. The fourth-order valence-electron chi connectivity index (χ4n) is 4.21. The molecule has 1 N–H and O–H groups in total. The Balaban J connectivity index is 1.97. The zero-order valence-corrected chi connectivity index (χ0v) is 15.0. The normalized spacial score (nSPS) is 29.7. The molecule has 0 aromatic carbocycles. The molecule has 2 atom stereocenters. The molecule has 0 aromatic heterocycles. The van der Waals surface area contributed by atoms with Gasteiger partial charge in [0.25, 0.3) is 0 Å². The molecule has 2 unspecified atom stereocenters. The van der Waals surface area contributed by atoms with Gasteiger partial charge in [-0.3, -0.25) is 4.90 Å². The van der Waals surface area contributed by atoms with E-state index in [4.69, 9.17) is 0 Å². The van der Waals surface area contributed by atoms with Gasteiger partial charge in [-0.25, -0.2) is 0 Å². The molecule has 0 radical (unpaired) electrons. The molecule has 2 fully saturated rings. The first-order valence-electron chi connectivity index (χ1n) is 9.49. The molecule has 2 aliphatic rings. The van der Waals surface area contributed by atoms with Gasteiger partial charge in [0, 0.05) is 25.2 Å². The van der Waals surface area contributed by atoms with Gasteiger partial charge in [0.05, 0.1) is 0 Å². The van der Waals surface area contributed by atoms with Crippen molar-refractivity contribution in [2.75, 3.05) is 19.6 Å². The second kappa shape index (κ2) is 7.97. The predicted molar refractivity (Wildman–Crippen MR) is 92.7 cm³/mol. The molecule has 1 aliphatic carbocycles. The quantitative estimate of drug-likeness (QED) is 0.754. The lowest BCUT2D eigenvalue weighted by molar-refractivity contribution is 0.0431. The van der Waals surface area contributed by atoms with Crippen molar-refractivity contribution in [2.45, 2.75) is 91.1 Å². The smallest absolute Gasteiger partial charge is 0.0249 e. The van der Waals surface area contributed by atoms with Crippen LogP contribution in [0.1, 0.15) is 79.1 Å². The van der Waals surface area contributed by atoms with Crippen LogP contribution in [0.2, 0.25) is 0 Å². The van der Waals surface area contributed by atoms with Crippen LogP contribution in [-0.4, -0.2) is 36.6 Å². The average molecular weight is 295 g/mol. The van der Waals surface area contributed by atoms with Crippen LogP contribution < -0.4 is 5.32 Å². The van der Waals surface area contributed by atoms with E-state index in [1.54, 1.807) is 0 Å². The third kappa shape index (κ3) is 4.96. The fraction of sp³-hybridized carbons (Fsp3) is 1.00. The first kappa shape index (κ1) is 17.3. The monoisotopic (exact) mass is 294 g/mol. The summed E-state index contributed by atoms with van der Waals surface area (Å²) in [6.45, 7) is 13.3. The van der Waals surface area contributed by atoms with Gasteiger partial charge in [0.1, 0.15) is 0 Å². The van der Waals surface area contributed by atoms with Crippen molar-refractivity contribution in [1.82, 2.24) is 10.2 Å². The Morgan fingerprint density at radius 2 is 1.76 bits per heavy atom.